The molecule has 0 aromatic heterocycles. The molecule has 0 aromatic rings. The monoisotopic (exact) mass is 353 g/mol. The lowest BCUT2D eigenvalue weighted by molar-refractivity contribution is -0.138. The molecular weight excluding hydrogens is 334 g/mol. The maximum atomic E-state index is 12.2. The van der Waals surface area contributed by atoms with E-state index in [1.807, 2.05) is 0 Å². The minimum absolute atomic E-state index is 0.158. The van der Waals surface area contributed by atoms with E-state index in [1.165, 1.54) is 11.9 Å². The molecule has 0 aromatic carbocycles. The van der Waals surface area contributed by atoms with Crippen LogP contribution in [0.5, 0.6) is 0 Å². The Balaban J connectivity index is 1.90. The largest absolute Gasteiger partial charge is 0.509 e. The van der Waals surface area contributed by atoms with Crippen LogP contribution in [0.1, 0.15) is 33.1 Å². The Morgan fingerprint density at radius 2 is 2.17 bits per heavy atom. The zero-order chi connectivity index (χ0) is 17.6. The van der Waals surface area contributed by atoms with Crippen molar-refractivity contribution in [1.29, 1.82) is 0 Å². The van der Waals surface area contributed by atoms with Gasteiger partial charge in [-0.3, -0.25) is 19.8 Å². The van der Waals surface area contributed by atoms with Crippen LogP contribution in [-0.4, -0.2) is 45.0 Å². The number of aliphatic hydroxyl groups is 1. The number of rotatable bonds is 3. The summed E-state index contributed by atoms with van der Waals surface area (Å²) in [5.74, 6) is -3.17. The van der Waals surface area contributed by atoms with Gasteiger partial charge < -0.3 is 15.5 Å². The second-order valence-electron chi connectivity index (χ2n) is 6.89. The van der Waals surface area contributed by atoms with Crippen LogP contribution in [0.2, 0.25) is 0 Å². The predicted molar refractivity (Wildman–Crippen MR) is 86.3 cm³/mol. The summed E-state index contributed by atoms with van der Waals surface area (Å²) in [6.45, 7) is 3.73. The first-order valence-corrected chi connectivity index (χ1v) is 8.40. The third kappa shape index (κ3) is 2.89. The van der Waals surface area contributed by atoms with E-state index in [4.69, 9.17) is 5.11 Å². The van der Waals surface area contributed by atoms with Gasteiger partial charge in [0.25, 0.3) is 11.8 Å². The third-order valence-corrected chi connectivity index (χ3v) is 5.55. The molecule has 1 aliphatic carbocycles. The topological polar surface area (TPSA) is 119 Å². The van der Waals surface area contributed by atoms with E-state index >= 15 is 0 Å². The highest BCUT2D eigenvalue weighted by atomic mass is 32.2. The molecule has 0 radical (unpaired) electrons. The molecule has 2 heterocycles. The fourth-order valence-electron chi connectivity index (χ4n) is 3.18. The lowest BCUT2D eigenvalue weighted by atomic mass is 9.76. The number of aliphatic carboxylic acids is 1. The molecule has 1 atom stereocenters. The molecule has 9 heteroatoms. The van der Waals surface area contributed by atoms with Crippen LogP contribution in [0.4, 0.5) is 0 Å². The van der Waals surface area contributed by atoms with E-state index in [1.54, 1.807) is 4.41 Å². The Kier molecular flexibility index (Phi) is 4.08. The summed E-state index contributed by atoms with van der Waals surface area (Å²) in [6, 6.07) is -0.565. The Bertz CT molecular complexity index is 697. The summed E-state index contributed by atoms with van der Waals surface area (Å²) in [4.78, 5) is 35.9. The number of nitrogens with zero attached hydrogens (tertiary/aromatic N) is 1. The van der Waals surface area contributed by atoms with Crippen LogP contribution in [0.25, 0.3) is 0 Å². The van der Waals surface area contributed by atoms with Crippen LogP contribution in [0.15, 0.2) is 21.8 Å². The van der Waals surface area contributed by atoms with Gasteiger partial charge in [-0.15, -0.1) is 4.41 Å². The number of hydrogen-bond donors (Lipinski definition) is 4. The molecule has 24 heavy (non-hydrogen) atoms. The summed E-state index contributed by atoms with van der Waals surface area (Å²) >= 11 is 1.38. The number of nitrogens with one attached hydrogen (secondary N) is 2. The van der Waals surface area contributed by atoms with Crippen LogP contribution >= 0.6 is 11.9 Å². The van der Waals surface area contributed by atoms with Crippen molar-refractivity contribution >= 4 is 29.7 Å². The number of carbonyl (C=O) groups excluding carboxylic acids is 2. The fourth-order valence-corrected chi connectivity index (χ4v) is 4.66. The molecule has 0 bridgehead atoms. The second kappa shape index (κ2) is 5.82. The number of allylic oxidation sites excluding steroid dienone is 1. The molecular formula is C15H19N3O5S. The average molecular weight is 353 g/mol. The molecule has 130 valence electrons. The molecule has 3 aliphatic rings. The lowest BCUT2D eigenvalue weighted by Crippen LogP contribution is -2.52. The first kappa shape index (κ1) is 16.8. The van der Waals surface area contributed by atoms with E-state index in [0.29, 0.717) is 0 Å². The summed E-state index contributed by atoms with van der Waals surface area (Å²) in [5.41, 5.74) is 3.35. The van der Waals surface area contributed by atoms with Crippen LogP contribution in [0, 0.1) is 5.41 Å². The van der Waals surface area contributed by atoms with Crippen molar-refractivity contribution in [2.45, 2.75) is 39.2 Å². The van der Waals surface area contributed by atoms with Crippen LogP contribution in [0.3, 0.4) is 0 Å². The molecule has 4 N–H and O–H groups in total. The van der Waals surface area contributed by atoms with Crippen molar-refractivity contribution in [3.63, 3.8) is 0 Å². The van der Waals surface area contributed by atoms with Gasteiger partial charge in [-0.2, -0.15) is 0 Å². The number of hydrazine groups is 1. The average Bonchev–Trinajstić information content (AvgIpc) is 2.80. The van der Waals surface area contributed by atoms with Crippen molar-refractivity contribution < 1.29 is 24.6 Å². The predicted octanol–water partition coefficient (Wildman–Crippen LogP) is 0.841. The van der Waals surface area contributed by atoms with Crippen LogP contribution < -0.4 is 10.7 Å². The van der Waals surface area contributed by atoms with Gasteiger partial charge in [0.15, 0.2) is 0 Å². The summed E-state index contributed by atoms with van der Waals surface area (Å²) < 4.78 is 1.57. The van der Waals surface area contributed by atoms with Gasteiger partial charge in [0.2, 0.25) is 0 Å². The number of amides is 2. The van der Waals surface area contributed by atoms with Crippen molar-refractivity contribution in [3.05, 3.63) is 21.8 Å². The molecule has 2 amide bonds. The standard InChI is InChI=1S/C15H19N3O5S/c1-15(2)4-3-7-8(5-15)24-18-11(7)12(21)10(14(23)17-18)13(22)16-6-9(19)20/h11,21H,3-6H2,1-2H3,(H,16,22)(H,17,23)(H,19,20). The summed E-state index contributed by atoms with van der Waals surface area (Å²) in [6.07, 6.45) is 2.59. The van der Waals surface area contributed by atoms with E-state index in [0.717, 1.165) is 29.7 Å². The number of carboxylic acid groups (broad SMARTS) is 1. The highest BCUT2D eigenvalue weighted by molar-refractivity contribution is 8.01. The van der Waals surface area contributed by atoms with Gasteiger partial charge in [0.1, 0.15) is 23.9 Å². The smallest absolute Gasteiger partial charge is 0.322 e. The van der Waals surface area contributed by atoms with Crippen molar-refractivity contribution in [2.75, 3.05) is 6.54 Å². The quantitative estimate of drug-likeness (QED) is 0.438. The van der Waals surface area contributed by atoms with Gasteiger partial charge in [-0.1, -0.05) is 13.8 Å². The molecule has 0 saturated heterocycles. The zero-order valence-corrected chi connectivity index (χ0v) is 14.2. The Labute approximate surface area is 143 Å². The van der Waals surface area contributed by atoms with Gasteiger partial charge in [-0.05, 0) is 42.2 Å². The highest BCUT2D eigenvalue weighted by Gasteiger charge is 2.47. The third-order valence-electron chi connectivity index (χ3n) is 4.42. The Morgan fingerprint density at radius 3 is 2.83 bits per heavy atom. The van der Waals surface area contributed by atoms with E-state index in [9.17, 15) is 19.5 Å². The maximum absolute atomic E-state index is 12.2. The number of hydrogen-bond acceptors (Lipinski definition) is 6. The molecule has 1 unspecified atom stereocenters. The van der Waals surface area contributed by atoms with E-state index in [2.05, 4.69) is 24.6 Å². The van der Waals surface area contributed by atoms with Crippen molar-refractivity contribution in [1.82, 2.24) is 15.2 Å². The normalized spacial score (nSPS) is 25.9. The lowest BCUT2D eigenvalue weighted by Gasteiger charge is -2.32. The SMILES string of the molecule is CC1(C)CCC2=C(C1)SN1NC(=O)C(C(=O)NCC(=O)O)=C(O)C21. The summed E-state index contributed by atoms with van der Waals surface area (Å²) in [7, 11) is 0. The fraction of sp³-hybridized carbons (Fsp3) is 0.533. The minimum atomic E-state index is -1.22. The number of fused-ring (bicyclic) bond motifs is 2. The summed E-state index contributed by atoms with van der Waals surface area (Å²) in [5, 5.41) is 21.3. The van der Waals surface area contributed by atoms with Gasteiger partial charge >= 0.3 is 5.97 Å². The van der Waals surface area contributed by atoms with Gasteiger partial charge in [0, 0.05) is 4.91 Å². The van der Waals surface area contributed by atoms with E-state index < -0.39 is 35.9 Å². The number of carbonyl (C=O) groups is 3. The minimum Gasteiger partial charge on any atom is -0.509 e. The second-order valence-corrected chi connectivity index (χ2v) is 7.96. The highest BCUT2D eigenvalue weighted by Crippen LogP contribution is 2.52. The first-order valence-electron chi connectivity index (χ1n) is 7.63. The molecule has 8 nitrogen and oxygen atoms in total. The number of carboxylic acids is 1. The maximum Gasteiger partial charge on any atom is 0.322 e. The molecule has 0 spiro atoms. The number of aliphatic hydroxyl groups excluding tert-OH is 1. The Morgan fingerprint density at radius 1 is 1.46 bits per heavy atom. The molecule has 3 rings (SSSR count). The molecule has 0 saturated carbocycles. The van der Waals surface area contributed by atoms with E-state index in [-0.39, 0.29) is 11.2 Å². The van der Waals surface area contributed by atoms with Gasteiger partial charge in [0.05, 0.1) is 0 Å². The first-order chi connectivity index (χ1) is 11.2. The molecule has 2 aliphatic heterocycles. The van der Waals surface area contributed by atoms with Crippen LogP contribution in [-0.2, 0) is 14.4 Å². The van der Waals surface area contributed by atoms with Crippen molar-refractivity contribution in [2.24, 2.45) is 5.41 Å². The Hall–Kier alpha value is -2.00. The van der Waals surface area contributed by atoms with Crippen molar-refractivity contribution in [3.8, 4) is 0 Å². The van der Waals surface area contributed by atoms with Gasteiger partial charge in [-0.25, -0.2) is 0 Å². The molecule has 0 fully saturated rings. The zero-order valence-electron chi connectivity index (χ0n) is 13.4.